The Labute approximate surface area is 89.0 Å². The molecule has 80 valence electrons. The normalized spacial score (nSPS) is 9.67. The summed E-state index contributed by atoms with van der Waals surface area (Å²) in [5.74, 6) is -0.172. The van der Waals surface area contributed by atoms with Crippen LogP contribution in [0.1, 0.15) is 12.5 Å². The summed E-state index contributed by atoms with van der Waals surface area (Å²) in [6.45, 7) is 5.33. The fourth-order valence-electron chi connectivity index (χ4n) is 1.10. The minimum atomic E-state index is -0.398. The Kier molecular flexibility index (Phi) is 3.92. The van der Waals surface area contributed by atoms with Gasteiger partial charge in [-0.2, -0.15) is 0 Å². The molecule has 0 heterocycles. The van der Waals surface area contributed by atoms with Gasteiger partial charge in [-0.15, -0.1) is 0 Å². The lowest BCUT2D eigenvalue weighted by atomic mass is 10.1. The Balaban J connectivity index is 2.42. The van der Waals surface area contributed by atoms with E-state index in [1.807, 2.05) is 6.07 Å². The van der Waals surface area contributed by atoms with Crippen LogP contribution in [0.15, 0.2) is 36.4 Å². The van der Waals surface area contributed by atoms with Gasteiger partial charge in [-0.05, 0) is 18.6 Å². The van der Waals surface area contributed by atoms with Crippen LogP contribution in [-0.4, -0.2) is 17.7 Å². The van der Waals surface area contributed by atoms with Crippen molar-refractivity contribution >= 4 is 5.97 Å². The van der Waals surface area contributed by atoms with Gasteiger partial charge >= 0.3 is 5.97 Å². The number of rotatable bonds is 4. The molecule has 1 aromatic carbocycles. The van der Waals surface area contributed by atoms with Crippen LogP contribution in [-0.2, 0) is 16.0 Å². The summed E-state index contributed by atoms with van der Waals surface area (Å²) in [6, 6.07) is 6.98. The zero-order valence-corrected chi connectivity index (χ0v) is 8.69. The topological polar surface area (TPSA) is 46.5 Å². The summed E-state index contributed by atoms with van der Waals surface area (Å²) in [5.41, 5.74) is 1.15. The number of esters is 1. The van der Waals surface area contributed by atoms with E-state index in [9.17, 15) is 9.90 Å². The summed E-state index contributed by atoms with van der Waals surface area (Å²) in [6.07, 6.45) is 0.506. The van der Waals surface area contributed by atoms with Gasteiger partial charge in [0.2, 0.25) is 0 Å². The maximum absolute atomic E-state index is 11.0. The Hall–Kier alpha value is -1.77. The molecule has 0 spiro atoms. The second-order valence-electron chi connectivity index (χ2n) is 3.29. The van der Waals surface area contributed by atoms with Crippen LogP contribution in [0.25, 0.3) is 0 Å². The minimum absolute atomic E-state index is 0.226. The van der Waals surface area contributed by atoms with Crippen LogP contribution in [0.4, 0.5) is 0 Å². The average Bonchev–Trinajstić information content (AvgIpc) is 2.20. The first kappa shape index (κ1) is 11.3. The molecule has 0 aliphatic rings. The Morgan fingerprint density at radius 1 is 1.47 bits per heavy atom. The maximum atomic E-state index is 11.0. The number of aromatic hydroxyl groups is 1. The van der Waals surface area contributed by atoms with Gasteiger partial charge in [-0.3, -0.25) is 0 Å². The number of ether oxygens (including phenoxy) is 1. The highest BCUT2D eigenvalue weighted by Crippen LogP contribution is 2.15. The summed E-state index contributed by atoms with van der Waals surface area (Å²) < 4.78 is 4.91. The Morgan fingerprint density at radius 3 is 2.73 bits per heavy atom. The number of benzene rings is 1. The molecule has 0 bridgehead atoms. The number of carbonyl (C=O) groups is 1. The molecule has 0 atom stereocenters. The highest BCUT2D eigenvalue weighted by Gasteiger charge is 2.04. The molecule has 0 unspecified atom stereocenters. The van der Waals surface area contributed by atoms with Gasteiger partial charge in [-0.25, -0.2) is 4.79 Å². The third-order valence-corrected chi connectivity index (χ3v) is 1.94. The first-order valence-corrected chi connectivity index (χ1v) is 4.70. The molecule has 3 nitrogen and oxygen atoms in total. The lowest BCUT2D eigenvalue weighted by Crippen LogP contribution is -2.08. The van der Waals surface area contributed by atoms with E-state index in [-0.39, 0.29) is 12.4 Å². The van der Waals surface area contributed by atoms with Crippen molar-refractivity contribution in [3.05, 3.63) is 42.0 Å². The molecule has 15 heavy (non-hydrogen) atoms. The molecular formula is C12H14O3. The highest BCUT2D eigenvalue weighted by atomic mass is 16.5. The molecule has 0 aromatic heterocycles. The zero-order valence-electron chi connectivity index (χ0n) is 8.69. The van der Waals surface area contributed by atoms with Crippen LogP contribution in [0.3, 0.4) is 0 Å². The van der Waals surface area contributed by atoms with E-state index in [4.69, 9.17) is 4.74 Å². The zero-order chi connectivity index (χ0) is 11.3. The van der Waals surface area contributed by atoms with Gasteiger partial charge in [0, 0.05) is 12.0 Å². The van der Waals surface area contributed by atoms with Crippen molar-refractivity contribution in [1.82, 2.24) is 0 Å². The van der Waals surface area contributed by atoms with Gasteiger partial charge in [0.15, 0.2) is 0 Å². The standard InChI is InChI=1S/C12H14O3/c1-9(2)12(14)15-8-7-10-5-3-4-6-11(10)13/h3-6,13H,1,7-8H2,2H3. The third kappa shape index (κ3) is 3.46. The van der Waals surface area contributed by atoms with Gasteiger partial charge < -0.3 is 9.84 Å². The summed E-state index contributed by atoms with van der Waals surface area (Å²) >= 11 is 0. The molecule has 0 aliphatic heterocycles. The first-order chi connectivity index (χ1) is 7.11. The Morgan fingerprint density at radius 2 is 2.13 bits per heavy atom. The number of phenolic OH excluding ortho intramolecular Hbond substituents is 1. The molecule has 0 saturated carbocycles. The van der Waals surface area contributed by atoms with Crippen molar-refractivity contribution < 1.29 is 14.6 Å². The highest BCUT2D eigenvalue weighted by molar-refractivity contribution is 5.86. The molecule has 1 rings (SSSR count). The van der Waals surface area contributed by atoms with Crippen LogP contribution in [0.2, 0.25) is 0 Å². The van der Waals surface area contributed by atoms with Crippen molar-refractivity contribution in [2.24, 2.45) is 0 Å². The van der Waals surface area contributed by atoms with Gasteiger partial charge in [0.1, 0.15) is 5.75 Å². The van der Waals surface area contributed by atoms with Crippen LogP contribution in [0, 0.1) is 0 Å². The molecule has 3 heteroatoms. The van der Waals surface area contributed by atoms with Crippen molar-refractivity contribution in [1.29, 1.82) is 0 Å². The van der Waals surface area contributed by atoms with Crippen LogP contribution < -0.4 is 0 Å². The second-order valence-corrected chi connectivity index (χ2v) is 3.29. The number of phenols is 1. The van der Waals surface area contributed by atoms with Crippen molar-refractivity contribution in [3.63, 3.8) is 0 Å². The lowest BCUT2D eigenvalue weighted by Gasteiger charge is -2.05. The number of hydrogen-bond donors (Lipinski definition) is 1. The number of carbonyl (C=O) groups excluding carboxylic acids is 1. The Bertz CT molecular complexity index is 369. The molecule has 0 amide bonds. The van der Waals surface area contributed by atoms with Crippen LogP contribution in [0.5, 0.6) is 5.75 Å². The molecule has 0 saturated heterocycles. The molecule has 0 aliphatic carbocycles. The van der Waals surface area contributed by atoms with Gasteiger partial charge in [0.25, 0.3) is 0 Å². The third-order valence-electron chi connectivity index (χ3n) is 1.94. The lowest BCUT2D eigenvalue weighted by molar-refractivity contribution is -0.138. The second kappa shape index (κ2) is 5.20. The van der Waals surface area contributed by atoms with Crippen molar-refractivity contribution in [2.45, 2.75) is 13.3 Å². The van der Waals surface area contributed by atoms with Gasteiger partial charge in [-0.1, -0.05) is 24.8 Å². The number of para-hydroxylation sites is 1. The monoisotopic (exact) mass is 206 g/mol. The fourth-order valence-corrected chi connectivity index (χ4v) is 1.10. The smallest absolute Gasteiger partial charge is 0.333 e. The predicted octanol–water partition coefficient (Wildman–Crippen LogP) is 2.05. The van der Waals surface area contributed by atoms with Crippen molar-refractivity contribution in [2.75, 3.05) is 6.61 Å². The van der Waals surface area contributed by atoms with E-state index in [2.05, 4.69) is 6.58 Å². The first-order valence-electron chi connectivity index (χ1n) is 4.70. The van der Waals surface area contributed by atoms with Gasteiger partial charge in [0.05, 0.1) is 6.61 Å². The van der Waals surface area contributed by atoms with Crippen LogP contribution >= 0.6 is 0 Å². The van der Waals surface area contributed by atoms with E-state index >= 15 is 0 Å². The SMILES string of the molecule is C=C(C)C(=O)OCCc1ccccc1O. The quantitative estimate of drug-likeness (QED) is 0.605. The predicted molar refractivity (Wildman–Crippen MR) is 57.6 cm³/mol. The summed E-state index contributed by atoms with van der Waals surface area (Å²) in [7, 11) is 0. The molecule has 1 N–H and O–H groups in total. The minimum Gasteiger partial charge on any atom is -0.508 e. The molecule has 0 fully saturated rings. The molecular weight excluding hydrogens is 192 g/mol. The van der Waals surface area contributed by atoms with E-state index in [1.54, 1.807) is 25.1 Å². The molecule has 1 aromatic rings. The summed E-state index contributed by atoms with van der Waals surface area (Å²) in [4.78, 5) is 11.0. The van der Waals surface area contributed by atoms with E-state index < -0.39 is 5.97 Å². The van der Waals surface area contributed by atoms with Crippen molar-refractivity contribution in [3.8, 4) is 5.75 Å². The van der Waals surface area contributed by atoms with E-state index in [0.29, 0.717) is 12.0 Å². The van der Waals surface area contributed by atoms with E-state index in [1.165, 1.54) is 0 Å². The van der Waals surface area contributed by atoms with E-state index in [0.717, 1.165) is 5.56 Å². The largest absolute Gasteiger partial charge is 0.508 e. The maximum Gasteiger partial charge on any atom is 0.333 e. The number of hydrogen-bond acceptors (Lipinski definition) is 3. The average molecular weight is 206 g/mol. The molecule has 0 radical (unpaired) electrons. The fraction of sp³-hybridized carbons (Fsp3) is 0.250. The summed E-state index contributed by atoms with van der Waals surface area (Å²) in [5, 5.41) is 9.43.